The van der Waals surface area contributed by atoms with Gasteiger partial charge in [0.15, 0.2) is 0 Å². The van der Waals surface area contributed by atoms with E-state index in [4.69, 9.17) is 5.73 Å². The minimum Gasteiger partial charge on any atom is -0.368 e. The monoisotopic (exact) mass is 253 g/mol. The Kier molecular flexibility index (Phi) is 4.96. The van der Waals surface area contributed by atoms with Crippen LogP contribution in [-0.4, -0.2) is 28.7 Å². The normalized spacial score (nSPS) is 16.2. The van der Waals surface area contributed by atoms with Crippen molar-refractivity contribution in [1.29, 1.82) is 0 Å². The predicted molar refractivity (Wildman–Crippen MR) is 70.8 cm³/mol. The van der Waals surface area contributed by atoms with Crippen molar-refractivity contribution in [2.45, 2.75) is 36.0 Å². The topological polar surface area (TPSA) is 68.0 Å². The first-order valence-electron chi connectivity index (χ1n) is 5.53. The smallest absolute Gasteiger partial charge is 0.237 e. The maximum atomic E-state index is 11.4. The summed E-state index contributed by atoms with van der Waals surface area (Å²) < 4.78 is 0. The second-order valence-corrected chi connectivity index (χ2v) is 5.77. The van der Waals surface area contributed by atoms with Crippen LogP contribution >= 0.6 is 11.8 Å². The van der Waals surface area contributed by atoms with Crippen molar-refractivity contribution in [2.75, 3.05) is 7.05 Å². The second kappa shape index (κ2) is 6.02. The summed E-state index contributed by atoms with van der Waals surface area (Å²) in [6, 6.07) is 3.92. The molecule has 4 nitrogen and oxygen atoms in total. The van der Waals surface area contributed by atoms with Crippen LogP contribution in [-0.2, 0) is 4.79 Å². The number of nitrogens with two attached hydrogens (primary N) is 1. The lowest BCUT2D eigenvalue weighted by Crippen LogP contribution is -2.52. The zero-order valence-corrected chi connectivity index (χ0v) is 11.3. The van der Waals surface area contributed by atoms with E-state index >= 15 is 0 Å². The zero-order valence-electron chi connectivity index (χ0n) is 10.4. The van der Waals surface area contributed by atoms with Gasteiger partial charge < -0.3 is 11.1 Å². The number of hydrogen-bond acceptors (Lipinski definition) is 4. The van der Waals surface area contributed by atoms with Crippen LogP contribution in [0.1, 0.15) is 20.3 Å². The number of aromatic nitrogens is 1. The molecule has 0 spiro atoms. The Labute approximate surface area is 106 Å². The van der Waals surface area contributed by atoms with Crippen molar-refractivity contribution in [2.24, 2.45) is 5.73 Å². The van der Waals surface area contributed by atoms with Crippen molar-refractivity contribution in [3.05, 3.63) is 24.5 Å². The molecule has 0 radical (unpaired) electrons. The Morgan fingerprint density at radius 2 is 2.18 bits per heavy atom. The number of pyridine rings is 1. The lowest BCUT2D eigenvalue weighted by atomic mass is 9.95. The van der Waals surface area contributed by atoms with E-state index in [1.165, 1.54) is 0 Å². The largest absolute Gasteiger partial charge is 0.368 e. The van der Waals surface area contributed by atoms with Crippen LogP contribution in [0.4, 0.5) is 0 Å². The summed E-state index contributed by atoms with van der Waals surface area (Å²) in [7, 11) is 1.76. The second-order valence-electron chi connectivity index (χ2n) is 4.26. The van der Waals surface area contributed by atoms with E-state index in [0.29, 0.717) is 11.7 Å². The highest BCUT2D eigenvalue weighted by molar-refractivity contribution is 7.99. The van der Waals surface area contributed by atoms with Crippen LogP contribution in [0.3, 0.4) is 0 Å². The number of primary amides is 1. The fraction of sp³-hybridized carbons (Fsp3) is 0.500. The van der Waals surface area contributed by atoms with E-state index in [1.54, 1.807) is 31.2 Å². The van der Waals surface area contributed by atoms with Gasteiger partial charge in [0.05, 0.1) is 5.54 Å². The summed E-state index contributed by atoms with van der Waals surface area (Å²) in [5, 5.41) is 3.29. The molecule has 5 heteroatoms. The molecule has 2 unspecified atom stereocenters. The molecule has 0 bridgehead atoms. The molecule has 3 N–H and O–H groups in total. The summed E-state index contributed by atoms with van der Waals surface area (Å²) in [5.41, 5.74) is 4.75. The molecule has 1 rings (SSSR count). The Bertz CT molecular complexity index is 371. The average molecular weight is 253 g/mol. The molecule has 1 amide bonds. The first kappa shape index (κ1) is 14.0. The summed E-state index contributed by atoms with van der Waals surface area (Å²) in [5.74, 6) is -0.317. The summed E-state index contributed by atoms with van der Waals surface area (Å²) >= 11 is 1.72. The summed E-state index contributed by atoms with van der Waals surface area (Å²) in [6.07, 6.45) is 4.21. The molecule has 17 heavy (non-hydrogen) atoms. The number of amides is 1. The molecule has 0 aliphatic heterocycles. The molecule has 1 aromatic rings. The van der Waals surface area contributed by atoms with Crippen molar-refractivity contribution >= 4 is 17.7 Å². The van der Waals surface area contributed by atoms with Gasteiger partial charge in [-0.1, -0.05) is 6.92 Å². The van der Waals surface area contributed by atoms with Crippen LogP contribution in [0.15, 0.2) is 29.4 Å². The fourth-order valence-electron chi connectivity index (χ4n) is 1.59. The van der Waals surface area contributed by atoms with Gasteiger partial charge in [0.2, 0.25) is 5.91 Å². The lowest BCUT2D eigenvalue weighted by molar-refractivity contribution is -0.123. The van der Waals surface area contributed by atoms with Crippen LogP contribution in [0.5, 0.6) is 0 Å². The Balaban J connectivity index is 2.60. The maximum Gasteiger partial charge on any atom is 0.237 e. The van der Waals surface area contributed by atoms with Gasteiger partial charge in [0.1, 0.15) is 0 Å². The molecular weight excluding hydrogens is 234 g/mol. The quantitative estimate of drug-likeness (QED) is 0.752. The van der Waals surface area contributed by atoms with Gasteiger partial charge in [-0.3, -0.25) is 9.78 Å². The molecule has 1 aromatic heterocycles. The van der Waals surface area contributed by atoms with Crippen molar-refractivity contribution in [1.82, 2.24) is 10.3 Å². The number of carbonyl (C=O) groups excluding carboxylic acids is 1. The summed E-state index contributed by atoms with van der Waals surface area (Å²) in [6.45, 7) is 3.92. The highest BCUT2D eigenvalue weighted by Gasteiger charge is 2.31. The van der Waals surface area contributed by atoms with Gasteiger partial charge in [0.25, 0.3) is 0 Å². The van der Waals surface area contributed by atoms with Gasteiger partial charge in [-0.05, 0) is 32.5 Å². The number of nitrogens with one attached hydrogen (secondary N) is 1. The molecule has 94 valence electrons. The number of nitrogens with zero attached hydrogens (tertiary/aromatic N) is 1. The first-order chi connectivity index (χ1) is 7.98. The molecule has 0 aromatic carbocycles. The third-order valence-electron chi connectivity index (χ3n) is 2.78. The number of carbonyl (C=O) groups is 1. The van der Waals surface area contributed by atoms with E-state index < -0.39 is 5.54 Å². The van der Waals surface area contributed by atoms with Crippen molar-refractivity contribution in [3.8, 4) is 0 Å². The van der Waals surface area contributed by atoms with E-state index in [1.807, 2.05) is 19.1 Å². The van der Waals surface area contributed by atoms with Crippen LogP contribution in [0.25, 0.3) is 0 Å². The maximum absolute atomic E-state index is 11.4. The molecule has 0 saturated heterocycles. The zero-order chi connectivity index (χ0) is 12.9. The first-order valence-corrected chi connectivity index (χ1v) is 6.41. The number of rotatable bonds is 6. The molecule has 0 fully saturated rings. The van der Waals surface area contributed by atoms with Gasteiger partial charge >= 0.3 is 0 Å². The molecular formula is C12H19N3OS. The van der Waals surface area contributed by atoms with E-state index in [0.717, 1.165) is 4.90 Å². The van der Waals surface area contributed by atoms with Gasteiger partial charge in [-0.25, -0.2) is 0 Å². The van der Waals surface area contributed by atoms with Gasteiger partial charge in [-0.2, -0.15) is 0 Å². The van der Waals surface area contributed by atoms with Crippen LogP contribution in [0, 0.1) is 0 Å². The highest BCUT2D eigenvalue weighted by Crippen LogP contribution is 2.27. The summed E-state index contributed by atoms with van der Waals surface area (Å²) in [4.78, 5) is 16.5. The van der Waals surface area contributed by atoms with Crippen LogP contribution < -0.4 is 11.1 Å². The molecule has 2 atom stereocenters. The molecule has 0 aliphatic carbocycles. The van der Waals surface area contributed by atoms with Crippen molar-refractivity contribution in [3.63, 3.8) is 0 Å². The Morgan fingerprint density at radius 3 is 2.65 bits per heavy atom. The van der Waals surface area contributed by atoms with Crippen molar-refractivity contribution < 1.29 is 4.79 Å². The van der Waals surface area contributed by atoms with E-state index in [9.17, 15) is 4.79 Å². The average Bonchev–Trinajstić information content (AvgIpc) is 2.29. The molecule has 1 heterocycles. The fourth-order valence-corrected chi connectivity index (χ4v) is 2.75. The van der Waals surface area contributed by atoms with Crippen LogP contribution in [0.2, 0.25) is 0 Å². The molecule has 0 aliphatic rings. The Morgan fingerprint density at radius 1 is 1.59 bits per heavy atom. The highest BCUT2D eigenvalue weighted by atomic mass is 32.2. The lowest BCUT2D eigenvalue weighted by Gasteiger charge is -2.28. The van der Waals surface area contributed by atoms with Gasteiger partial charge in [0, 0.05) is 22.5 Å². The minimum absolute atomic E-state index is 0.294. The standard InChI is InChI=1S/C12H19N3OS/c1-9(8-12(2,14-3)11(13)16)17-10-4-6-15-7-5-10/h4-7,9,14H,8H2,1-3H3,(H2,13,16). The number of thioether (sulfide) groups is 1. The van der Waals surface area contributed by atoms with E-state index in [2.05, 4.69) is 17.2 Å². The SMILES string of the molecule is CNC(C)(CC(C)Sc1ccncc1)C(N)=O. The molecule has 0 saturated carbocycles. The van der Waals surface area contributed by atoms with E-state index in [-0.39, 0.29) is 5.91 Å². The Hall–Kier alpha value is -1.07. The third-order valence-corrected chi connectivity index (χ3v) is 3.89. The number of likely N-dealkylation sites (N-methyl/N-ethyl adjacent to an activating group) is 1. The third kappa shape index (κ3) is 4.02. The van der Waals surface area contributed by atoms with Gasteiger partial charge in [-0.15, -0.1) is 11.8 Å². The predicted octanol–water partition coefficient (Wildman–Crippen LogP) is 1.42. The minimum atomic E-state index is -0.653. The number of hydrogen-bond donors (Lipinski definition) is 2.